The van der Waals surface area contributed by atoms with Gasteiger partial charge in [-0.2, -0.15) is 0 Å². The fourth-order valence-electron chi connectivity index (χ4n) is 4.07. The molecule has 0 bridgehead atoms. The van der Waals surface area contributed by atoms with E-state index in [4.69, 9.17) is 0 Å². The SMILES string of the molecule is CCCCCCCCCCCCC(=O)N(C)C(C(=O)NCCCCCN(C)C)C(C)C. The number of nitrogens with zero attached hydrogens (tertiary/aromatic N) is 2. The molecule has 0 aromatic heterocycles. The molecule has 0 heterocycles. The van der Waals surface area contributed by atoms with Crippen LogP contribution in [-0.2, 0) is 9.59 Å². The third-order valence-corrected chi connectivity index (χ3v) is 6.04. The van der Waals surface area contributed by atoms with Gasteiger partial charge in [-0.3, -0.25) is 9.59 Å². The molecular weight excluding hydrogens is 386 g/mol. The maximum absolute atomic E-state index is 12.7. The molecule has 0 aliphatic heterocycles. The van der Waals surface area contributed by atoms with Crippen LogP contribution in [0.25, 0.3) is 0 Å². The van der Waals surface area contributed by atoms with Crippen LogP contribution in [0.1, 0.15) is 111 Å². The topological polar surface area (TPSA) is 52.7 Å². The van der Waals surface area contributed by atoms with Gasteiger partial charge in [0.2, 0.25) is 11.8 Å². The Hall–Kier alpha value is -1.10. The van der Waals surface area contributed by atoms with Gasteiger partial charge in [-0.05, 0) is 45.8 Å². The highest BCUT2D eigenvalue weighted by molar-refractivity contribution is 5.87. The summed E-state index contributed by atoms with van der Waals surface area (Å²) >= 11 is 0. The third-order valence-electron chi connectivity index (χ3n) is 6.04. The van der Waals surface area contributed by atoms with Crippen LogP contribution in [0.4, 0.5) is 0 Å². The lowest BCUT2D eigenvalue weighted by Crippen LogP contribution is -2.50. The van der Waals surface area contributed by atoms with E-state index < -0.39 is 0 Å². The lowest BCUT2D eigenvalue weighted by molar-refractivity contribution is -0.140. The van der Waals surface area contributed by atoms with E-state index in [1.54, 1.807) is 11.9 Å². The van der Waals surface area contributed by atoms with Crippen molar-refractivity contribution in [2.75, 3.05) is 34.2 Å². The first kappa shape index (κ1) is 29.9. The second kappa shape index (κ2) is 19.6. The van der Waals surface area contributed by atoms with E-state index in [1.165, 1.54) is 51.4 Å². The van der Waals surface area contributed by atoms with Gasteiger partial charge in [0.25, 0.3) is 0 Å². The number of likely N-dealkylation sites (N-methyl/N-ethyl adjacent to an activating group) is 1. The van der Waals surface area contributed by atoms with E-state index >= 15 is 0 Å². The monoisotopic (exact) mass is 439 g/mol. The van der Waals surface area contributed by atoms with Gasteiger partial charge in [0.05, 0.1) is 0 Å². The summed E-state index contributed by atoms with van der Waals surface area (Å²) in [6, 6.07) is -0.377. The first-order valence-corrected chi connectivity index (χ1v) is 13.0. The van der Waals surface area contributed by atoms with E-state index in [1.807, 2.05) is 13.8 Å². The average molecular weight is 440 g/mol. The van der Waals surface area contributed by atoms with Crippen LogP contribution in [0.5, 0.6) is 0 Å². The van der Waals surface area contributed by atoms with Crippen LogP contribution >= 0.6 is 0 Å². The second-order valence-electron chi connectivity index (χ2n) is 9.78. The molecule has 0 saturated carbocycles. The molecule has 1 unspecified atom stereocenters. The zero-order valence-electron chi connectivity index (χ0n) is 21.7. The summed E-state index contributed by atoms with van der Waals surface area (Å²) in [5.74, 6) is 0.191. The van der Waals surface area contributed by atoms with Gasteiger partial charge in [-0.1, -0.05) is 85.0 Å². The molecule has 0 saturated heterocycles. The first-order valence-electron chi connectivity index (χ1n) is 13.0. The predicted molar refractivity (Wildman–Crippen MR) is 133 cm³/mol. The largest absolute Gasteiger partial charge is 0.354 e. The van der Waals surface area contributed by atoms with Crippen molar-refractivity contribution >= 4 is 11.8 Å². The number of carbonyl (C=O) groups is 2. The van der Waals surface area contributed by atoms with Crippen LogP contribution < -0.4 is 5.32 Å². The number of hydrogen-bond acceptors (Lipinski definition) is 3. The molecule has 0 aromatic carbocycles. The van der Waals surface area contributed by atoms with E-state index in [9.17, 15) is 9.59 Å². The molecule has 1 N–H and O–H groups in total. The molecule has 1 atom stereocenters. The molecule has 5 nitrogen and oxygen atoms in total. The Labute approximate surface area is 193 Å². The van der Waals surface area contributed by atoms with Crippen molar-refractivity contribution in [2.24, 2.45) is 5.92 Å². The minimum atomic E-state index is -0.377. The third kappa shape index (κ3) is 16.2. The van der Waals surface area contributed by atoms with Gasteiger partial charge < -0.3 is 15.1 Å². The van der Waals surface area contributed by atoms with Gasteiger partial charge >= 0.3 is 0 Å². The summed E-state index contributed by atoms with van der Waals surface area (Å²) in [4.78, 5) is 29.2. The lowest BCUT2D eigenvalue weighted by Gasteiger charge is -2.30. The van der Waals surface area contributed by atoms with Crippen molar-refractivity contribution in [1.82, 2.24) is 15.1 Å². The highest BCUT2D eigenvalue weighted by Crippen LogP contribution is 2.15. The van der Waals surface area contributed by atoms with Gasteiger partial charge in [-0.25, -0.2) is 0 Å². The summed E-state index contributed by atoms with van der Waals surface area (Å²) in [5, 5.41) is 3.05. The van der Waals surface area contributed by atoms with Crippen LogP contribution in [0.2, 0.25) is 0 Å². The maximum atomic E-state index is 12.7. The smallest absolute Gasteiger partial charge is 0.243 e. The second-order valence-corrected chi connectivity index (χ2v) is 9.78. The molecule has 0 spiro atoms. The molecule has 0 radical (unpaired) electrons. The van der Waals surface area contributed by atoms with Gasteiger partial charge in [0.1, 0.15) is 6.04 Å². The zero-order chi connectivity index (χ0) is 23.5. The number of carbonyl (C=O) groups excluding carboxylic acids is 2. The van der Waals surface area contributed by atoms with E-state index in [-0.39, 0.29) is 23.8 Å². The maximum Gasteiger partial charge on any atom is 0.243 e. The zero-order valence-corrected chi connectivity index (χ0v) is 21.7. The lowest BCUT2D eigenvalue weighted by atomic mass is 10.0. The summed E-state index contributed by atoms with van der Waals surface area (Å²) in [5.41, 5.74) is 0. The summed E-state index contributed by atoms with van der Waals surface area (Å²) in [6.07, 6.45) is 16.4. The first-order chi connectivity index (χ1) is 14.8. The molecule has 0 aromatic rings. The van der Waals surface area contributed by atoms with Gasteiger partial charge in [0.15, 0.2) is 0 Å². The Bertz CT molecular complexity index is 452. The highest BCUT2D eigenvalue weighted by atomic mass is 16.2. The van der Waals surface area contributed by atoms with E-state index in [0.717, 1.165) is 38.6 Å². The summed E-state index contributed by atoms with van der Waals surface area (Å²) in [6.45, 7) is 8.06. The Kier molecular flexibility index (Phi) is 18.9. The molecular formula is C26H53N3O2. The minimum absolute atomic E-state index is 0.0125. The molecule has 184 valence electrons. The van der Waals surface area contributed by atoms with Crippen molar-refractivity contribution < 1.29 is 9.59 Å². The van der Waals surface area contributed by atoms with Crippen LogP contribution in [0.3, 0.4) is 0 Å². The van der Waals surface area contributed by atoms with Gasteiger partial charge in [0, 0.05) is 20.0 Å². The van der Waals surface area contributed by atoms with Crippen molar-refractivity contribution in [1.29, 1.82) is 0 Å². The Morgan fingerprint density at radius 2 is 1.26 bits per heavy atom. The number of unbranched alkanes of at least 4 members (excludes halogenated alkanes) is 11. The summed E-state index contributed by atoms with van der Waals surface area (Å²) < 4.78 is 0. The van der Waals surface area contributed by atoms with Crippen LogP contribution in [-0.4, -0.2) is 61.9 Å². The highest BCUT2D eigenvalue weighted by Gasteiger charge is 2.29. The van der Waals surface area contributed by atoms with Crippen molar-refractivity contribution in [3.05, 3.63) is 0 Å². The van der Waals surface area contributed by atoms with Crippen LogP contribution in [0.15, 0.2) is 0 Å². The molecule has 0 aliphatic rings. The fourth-order valence-corrected chi connectivity index (χ4v) is 4.07. The molecule has 5 heteroatoms. The van der Waals surface area contributed by atoms with Gasteiger partial charge in [-0.15, -0.1) is 0 Å². The fraction of sp³-hybridized carbons (Fsp3) is 0.923. The van der Waals surface area contributed by atoms with Crippen molar-refractivity contribution in [3.63, 3.8) is 0 Å². The number of nitrogens with one attached hydrogen (secondary N) is 1. The number of hydrogen-bond donors (Lipinski definition) is 1. The molecule has 0 fully saturated rings. The molecule has 2 amide bonds. The van der Waals surface area contributed by atoms with Crippen molar-refractivity contribution in [2.45, 2.75) is 117 Å². The number of rotatable bonds is 20. The molecule has 0 aliphatic carbocycles. The van der Waals surface area contributed by atoms with Crippen molar-refractivity contribution in [3.8, 4) is 0 Å². The molecule has 0 rings (SSSR count). The Balaban J connectivity index is 4.05. The normalized spacial score (nSPS) is 12.4. The molecule has 31 heavy (non-hydrogen) atoms. The Morgan fingerprint density at radius 3 is 1.77 bits per heavy atom. The quantitative estimate of drug-likeness (QED) is 0.250. The Morgan fingerprint density at radius 1 is 0.742 bits per heavy atom. The summed E-state index contributed by atoms with van der Waals surface area (Å²) in [7, 11) is 5.95. The van der Waals surface area contributed by atoms with E-state index in [0.29, 0.717) is 13.0 Å². The minimum Gasteiger partial charge on any atom is -0.354 e. The predicted octanol–water partition coefficient (Wildman–Crippen LogP) is 5.63. The number of amides is 2. The van der Waals surface area contributed by atoms with E-state index in [2.05, 4.69) is 31.2 Å². The average Bonchev–Trinajstić information content (AvgIpc) is 2.71. The van der Waals surface area contributed by atoms with Crippen LogP contribution in [0, 0.1) is 5.92 Å². The standard InChI is InChI=1S/C26H53N3O2/c1-7-8-9-10-11-12-13-14-15-17-20-24(30)29(6)25(23(2)3)26(31)27-21-18-16-19-22-28(4)5/h23,25H,7-22H2,1-6H3,(H,27,31).